The van der Waals surface area contributed by atoms with Crippen molar-refractivity contribution < 1.29 is 0 Å². The van der Waals surface area contributed by atoms with Gasteiger partial charge < -0.3 is 10.3 Å². The van der Waals surface area contributed by atoms with Crippen molar-refractivity contribution >= 4 is 21.6 Å². The van der Waals surface area contributed by atoms with Gasteiger partial charge in [-0.05, 0) is 32.4 Å². The lowest BCUT2D eigenvalue weighted by Crippen LogP contribution is -2.20. The standard InChI is InChI=1S/C13H19N3OS/c1-4-5-6-14-7-10-15-12(17)11-8(2)9(3)18-13(11)16-10/h14H,4-7H2,1-3H3,(H,15,16,17). The van der Waals surface area contributed by atoms with Gasteiger partial charge in [0.15, 0.2) is 0 Å². The van der Waals surface area contributed by atoms with E-state index in [4.69, 9.17) is 0 Å². The molecule has 0 unspecified atom stereocenters. The van der Waals surface area contributed by atoms with Gasteiger partial charge in [-0.15, -0.1) is 11.3 Å². The Hall–Kier alpha value is -1.20. The SMILES string of the molecule is CCCCNCc1nc2sc(C)c(C)c2c(=O)[nH]1. The number of hydrogen-bond donors (Lipinski definition) is 2. The van der Waals surface area contributed by atoms with Crippen LogP contribution < -0.4 is 10.9 Å². The van der Waals surface area contributed by atoms with Crippen molar-refractivity contribution in [2.24, 2.45) is 0 Å². The van der Waals surface area contributed by atoms with E-state index in [2.05, 4.69) is 22.2 Å². The van der Waals surface area contributed by atoms with Crippen LogP contribution >= 0.6 is 11.3 Å². The molecule has 2 aromatic heterocycles. The van der Waals surface area contributed by atoms with Crippen LogP contribution in [0.3, 0.4) is 0 Å². The number of nitrogens with one attached hydrogen (secondary N) is 2. The second-order valence-electron chi connectivity index (χ2n) is 4.51. The third-order valence-corrected chi connectivity index (χ3v) is 4.19. The molecule has 0 atom stereocenters. The van der Waals surface area contributed by atoms with Gasteiger partial charge in [-0.3, -0.25) is 4.79 Å². The van der Waals surface area contributed by atoms with Crippen molar-refractivity contribution in [1.82, 2.24) is 15.3 Å². The first-order valence-corrected chi connectivity index (χ1v) is 7.14. The summed E-state index contributed by atoms with van der Waals surface area (Å²) in [5, 5.41) is 4.03. The highest BCUT2D eigenvalue weighted by Gasteiger charge is 2.11. The first-order valence-electron chi connectivity index (χ1n) is 6.33. The maximum absolute atomic E-state index is 12.0. The van der Waals surface area contributed by atoms with Crippen LogP contribution in [0.5, 0.6) is 0 Å². The molecule has 2 N–H and O–H groups in total. The molecule has 0 aliphatic heterocycles. The van der Waals surface area contributed by atoms with Crippen molar-refractivity contribution in [3.05, 3.63) is 26.6 Å². The zero-order valence-corrected chi connectivity index (χ0v) is 11.9. The second kappa shape index (κ2) is 5.63. The highest BCUT2D eigenvalue weighted by molar-refractivity contribution is 7.18. The van der Waals surface area contributed by atoms with Gasteiger partial charge in [0, 0.05) is 4.88 Å². The fraction of sp³-hybridized carbons (Fsp3) is 0.538. The van der Waals surface area contributed by atoms with E-state index >= 15 is 0 Å². The van der Waals surface area contributed by atoms with E-state index in [0.717, 1.165) is 34.6 Å². The van der Waals surface area contributed by atoms with Crippen LogP contribution in [0.15, 0.2) is 4.79 Å². The summed E-state index contributed by atoms with van der Waals surface area (Å²) >= 11 is 1.59. The number of nitrogens with zero attached hydrogens (tertiary/aromatic N) is 1. The summed E-state index contributed by atoms with van der Waals surface area (Å²) in [4.78, 5) is 21.4. The Balaban J connectivity index is 2.24. The van der Waals surface area contributed by atoms with Crippen LogP contribution in [0.1, 0.15) is 36.0 Å². The Morgan fingerprint density at radius 1 is 1.39 bits per heavy atom. The van der Waals surface area contributed by atoms with E-state index in [9.17, 15) is 4.79 Å². The molecule has 0 bridgehead atoms. The van der Waals surface area contributed by atoms with E-state index in [-0.39, 0.29) is 5.56 Å². The van der Waals surface area contributed by atoms with Gasteiger partial charge >= 0.3 is 0 Å². The maximum atomic E-state index is 12.0. The monoisotopic (exact) mass is 265 g/mol. The van der Waals surface area contributed by atoms with Crippen LogP contribution in [-0.4, -0.2) is 16.5 Å². The average Bonchev–Trinajstić information content (AvgIpc) is 2.61. The smallest absolute Gasteiger partial charge is 0.259 e. The summed E-state index contributed by atoms with van der Waals surface area (Å²) in [7, 11) is 0. The first-order chi connectivity index (χ1) is 8.63. The molecule has 5 heteroatoms. The van der Waals surface area contributed by atoms with Gasteiger partial charge in [0.1, 0.15) is 10.7 Å². The number of thiophene rings is 1. The predicted octanol–water partition coefficient (Wildman–Crippen LogP) is 2.49. The summed E-state index contributed by atoms with van der Waals surface area (Å²) in [5.41, 5.74) is 1.03. The molecule has 2 heterocycles. The van der Waals surface area contributed by atoms with Crippen LogP contribution in [-0.2, 0) is 6.54 Å². The van der Waals surface area contributed by atoms with Gasteiger partial charge in [-0.1, -0.05) is 13.3 Å². The summed E-state index contributed by atoms with van der Waals surface area (Å²) in [5.74, 6) is 0.727. The highest BCUT2D eigenvalue weighted by atomic mass is 32.1. The molecule has 0 aromatic carbocycles. The Morgan fingerprint density at radius 2 is 2.17 bits per heavy atom. The van der Waals surface area contributed by atoms with Gasteiger partial charge in [0.2, 0.25) is 0 Å². The molecule has 0 amide bonds. The molecule has 2 aromatic rings. The molecule has 0 fully saturated rings. The summed E-state index contributed by atoms with van der Waals surface area (Å²) in [6, 6.07) is 0. The Morgan fingerprint density at radius 3 is 2.89 bits per heavy atom. The van der Waals surface area contributed by atoms with Crippen LogP contribution in [0.25, 0.3) is 10.2 Å². The van der Waals surface area contributed by atoms with E-state index in [1.807, 2.05) is 13.8 Å². The minimum Gasteiger partial charge on any atom is -0.310 e. The van der Waals surface area contributed by atoms with Crippen molar-refractivity contribution in [2.45, 2.75) is 40.2 Å². The molecular formula is C13H19N3OS. The molecule has 18 heavy (non-hydrogen) atoms. The average molecular weight is 265 g/mol. The fourth-order valence-corrected chi connectivity index (χ4v) is 2.94. The molecule has 0 aliphatic rings. The lowest BCUT2D eigenvalue weighted by atomic mass is 10.2. The van der Waals surface area contributed by atoms with Crippen molar-refractivity contribution in [3.63, 3.8) is 0 Å². The summed E-state index contributed by atoms with van der Waals surface area (Å²) < 4.78 is 0. The van der Waals surface area contributed by atoms with Gasteiger partial charge in [-0.2, -0.15) is 0 Å². The topological polar surface area (TPSA) is 57.8 Å². The highest BCUT2D eigenvalue weighted by Crippen LogP contribution is 2.25. The normalized spacial score (nSPS) is 11.3. The number of rotatable bonds is 5. The third-order valence-electron chi connectivity index (χ3n) is 3.09. The van der Waals surface area contributed by atoms with E-state index in [0.29, 0.717) is 6.54 Å². The van der Waals surface area contributed by atoms with Crippen LogP contribution in [0.2, 0.25) is 0 Å². The molecule has 4 nitrogen and oxygen atoms in total. The fourth-order valence-electron chi connectivity index (χ4n) is 1.89. The molecule has 0 saturated carbocycles. The van der Waals surface area contributed by atoms with E-state index < -0.39 is 0 Å². The summed E-state index contributed by atoms with van der Waals surface area (Å²) in [6.45, 7) is 7.75. The molecule has 0 radical (unpaired) electrons. The minimum atomic E-state index is -0.0193. The van der Waals surface area contributed by atoms with Gasteiger partial charge in [0.05, 0.1) is 11.9 Å². The largest absolute Gasteiger partial charge is 0.310 e. The molecule has 0 spiro atoms. The number of H-pyrrole nitrogens is 1. The summed E-state index contributed by atoms with van der Waals surface area (Å²) in [6.07, 6.45) is 2.31. The molecule has 98 valence electrons. The Bertz CT molecular complexity index is 600. The van der Waals surface area contributed by atoms with E-state index in [1.54, 1.807) is 11.3 Å². The van der Waals surface area contributed by atoms with Crippen LogP contribution in [0, 0.1) is 13.8 Å². The zero-order chi connectivity index (χ0) is 13.1. The van der Waals surface area contributed by atoms with Gasteiger partial charge in [-0.25, -0.2) is 4.98 Å². The lowest BCUT2D eigenvalue weighted by molar-refractivity contribution is 0.623. The Labute approximate surface area is 110 Å². The third kappa shape index (κ3) is 2.62. The maximum Gasteiger partial charge on any atom is 0.259 e. The molecular weight excluding hydrogens is 246 g/mol. The van der Waals surface area contributed by atoms with E-state index in [1.165, 1.54) is 11.3 Å². The van der Waals surface area contributed by atoms with Crippen molar-refractivity contribution in [3.8, 4) is 0 Å². The Kier molecular flexibility index (Phi) is 4.14. The van der Waals surface area contributed by atoms with Crippen molar-refractivity contribution in [2.75, 3.05) is 6.54 Å². The number of aryl methyl sites for hydroxylation is 2. The predicted molar refractivity (Wildman–Crippen MR) is 76.3 cm³/mol. The molecule has 0 aliphatic carbocycles. The number of aromatic nitrogens is 2. The molecule has 2 rings (SSSR count). The van der Waals surface area contributed by atoms with Crippen molar-refractivity contribution in [1.29, 1.82) is 0 Å². The number of hydrogen-bond acceptors (Lipinski definition) is 4. The second-order valence-corrected chi connectivity index (χ2v) is 5.71. The quantitative estimate of drug-likeness (QED) is 0.817. The number of fused-ring (bicyclic) bond motifs is 1. The molecule has 0 saturated heterocycles. The van der Waals surface area contributed by atoms with Gasteiger partial charge in [0.25, 0.3) is 5.56 Å². The zero-order valence-electron chi connectivity index (χ0n) is 11.1. The number of unbranched alkanes of at least 4 members (excludes halogenated alkanes) is 1. The lowest BCUT2D eigenvalue weighted by Gasteiger charge is -2.03. The minimum absolute atomic E-state index is 0.0193. The first kappa shape index (κ1) is 13.2. The number of aromatic amines is 1. The van der Waals surface area contributed by atoms with Crippen LogP contribution in [0.4, 0.5) is 0 Å².